The smallest absolute Gasteiger partial charge is 0.331 e. The van der Waals surface area contributed by atoms with E-state index in [1.807, 2.05) is 0 Å². The molecule has 0 aliphatic heterocycles. The van der Waals surface area contributed by atoms with Gasteiger partial charge in [0, 0.05) is 32.7 Å². The Morgan fingerprint density at radius 2 is 2.18 bits per heavy atom. The molecule has 0 radical (unpaired) electrons. The van der Waals surface area contributed by atoms with E-state index in [0.717, 1.165) is 0 Å². The van der Waals surface area contributed by atoms with Crippen LogP contribution in [0.4, 0.5) is 5.69 Å². The summed E-state index contributed by atoms with van der Waals surface area (Å²) in [6, 6.07) is 4.26. The summed E-state index contributed by atoms with van der Waals surface area (Å²) in [5.74, 6) is -0.546. The Hall–Kier alpha value is -1.21. The van der Waals surface area contributed by atoms with Gasteiger partial charge in [-0.3, -0.25) is 10.1 Å². The number of methoxy groups -OCH3 is 1. The van der Waals surface area contributed by atoms with Gasteiger partial charge >= 0.3 is 5.97 Å². The third kappa shape index (κ3) is 3.64. The zero-order chi connectivity index (χ0) is 13.0. The number of nitro groups is 1. The highest BCUT2D eigenvalue weighted by molar-refractivity contribution is 9.15. The number of non-ortho nitro benzene ring substituents is 1. The lowest BCUT2D eigenvalue weighted by atomic mass is 10.2. The van der Waals surface area contributed by atoms with Crippen LogP contribution in [0.25, 0.3) is 4.48 Å². The summed E-state index contributed by atoms with van der Waals surface area (Å²) in [4.78, 5) is 21.2. The maximum absolute atomic E-state index is 11.0. The fourth-order valence-corrected chi connectivity index (χ4v) is 2.29. The highest BCUT2D eigenvalue weighted by Crippen LogP contribution is 2.31. The van der Waals surface area contributed by atoms with Gasteiger partial charge in [0.1, 0.15) is 0 Å². The molecule has 0 saturated heterocycles. The quantitative estimate of drug-likeness (QED) is 0.357. The number of nitrogens with zero attached hydrogens (tertiary/aromatic N) is 1. The molecule has 90 valence electrons. The maximum Gasteiger partial charge on any atom is 0.331 e. The van der Waals surface area contributed by atoms with Gasteiger partial charge in [-0.05, 0) is 22.0 Å². The van der Waals surface area contributed by atoms with Crippen molar-refractivity contribution in [1.82, 2.24) is 0 Å². The van der Waals surface area contributed by atoms with Crippen molar-refractivity contribution >= 4 is 48.0 Å². The van der Waals surface area contributed by atoms with Gasteiger partial charge in [0.25, 0.3) is 5.69 Å². The van der Waals surface area contributed by atoms with Crippen LogP contribution < -0.4 is 0 Å². The molecular weight excluding hydrogens is 358 g/mol. The number of hydrogen-bond acceptors (Lipinski definition) is 4. The lowest BCUT2D eigenvalue weighted by molar-refractivity contribution is -0.384. The highest BCUT2D eigenvalue weighted by atomic mass is 79.9. The van der Waals surface area contributed by atoms with Crippen LogP contribution >= 0.6 is 31.9 Å². The fourth-order valence-electron chi connectivity index (χ4n) is 1.05. The van der Waals surface area contributed by atoms with Crippen LogP contribution in [0.1, 0.15) is 5.56 Å². The molecule has 0 bridgehead atoms. The number of hydrogen-bond donors (Lipinski definition) is 0. The number of halogens is 2. The number of rotatable bonds is 3. The number of esters is 1. The fraction of sp³-hybridized carbons (Fsp3) is 0.100. The zero-order valence-corrected chi connectivity index (χ0v) is 11.8. The summed E-state index contributed by atoms with van der Waals surface area (Å²) in [6.07, 6.45) is 1.20. The molecule has 0 aromatic heterocycles. The van der Waals surface area contributed by atoms with E-state index in [0.29, 0.717) is 14.5 Å². The van der Waals surface area contributed by atoms with Gasteiger partial charge < -0.3 is 4.74 Å². The number of nitro benzene ring substituents is 1. The standard InChI is InChI=1S/C10H7Br2NO4/c1-17-10(14)5-9(12)7-4-6(13(15)16)2-3-8(7)11/h2-5H,1H3. The normalized spacial score (nSPS) is 11.1. The van der Waals surface area contributed by atoms with Crippen molar-refractivity contribution in [3.05, 3.63) is 44.4 Å². The lowest BCUT2D eigenvalue weighted by Gasteiger charge is -2.03. The van der Waals surface area contributed by atoms with Crippen molar-refractivity contribution < 1.29 is 14.5 Å². The van der Waals surface area contributed by atoms with Gasteiger partial charge in [-0.15, -0.1) is 0 Å². The molecule has 5 nitrogen and oxygen atoms in total. The Bertz CT molecular complexity index is 499. The monoisotopic (exact) mass is 363 g/mol. The first kappa shape index (κ1) is 13.9. The third-order valence-corrected chi connectivity index (χ3v) is 3.21. The molecular formula is C10H7Br2NO4. The Kier molecular flexibility index (Phi) is 4.83. The van der Waals surface area contributed by atoms with Gasteiger partial charge in [0.05, 0.1) is 12.0 Å². The molecule has 1 aromatic rings. The number of ether oxygens (including phenoxy) is 1. The van der Waals surface area contributed by atoms with E-state index in [4.69, 9.17) is 0 Å². The molecule has 1 rings (SSSR count). The van der Waals surface area contributed by atoms with Crippen molar-refractivity contribution in [3.63, 3.8) is 0 Å². The lowest BCUT2D eigenvalue weighted by Crippen LogP contribution is -1.96. The van der Waals surface area contributed by atoms with E-state index < -0.39 is 10.9 Å². The Balaban J connectivity index is 3.21. The van der Waals surface area contributed by atoms with Crippen LogP contribution in [0.2, 0.25) is 0 Å². The van der Waals surface area contributed by atoms with E-state index in [1.54, 1.807) is 6.07 Å². The maximum atomic E-state index is 11.0. The minimum absolute atomic E-state index is 0.0570. The largest absolute Gasteiger partial charge is 0.466 e. The van der Waals surface area contributed by atoms with Crippen LogP contribution in [0.15, 0.2) is 28.7 Å². The predicted octanol–water partition coefficient (Wildman–Crippen LogP) is 3.27. The second kappa shape index (κ2) is 5.92. The van der Waals surface area contributed by atoms with Gasteiger partial charge in [0.2, 0.25) is 0 Å². The Morgan fingerprint density at radius 1 is 1.53 bits per heavy atom. The Labute approximate surface area is 114 Å². The molecule has 0 atom stereocenters. The highest BCUT2D eigenvalue weighted by Gasteiger charge is 2.12. The molecule has 0 amide bonds. The molecule has 0 unspecified atom stereocenters. The number of benzene rings is 1. The van der Waals surface area contributed by atoms with E-state index in [-0.39, 0.29) is 5.69 Å². The van der Waals surface area contributed by atoms with Gasteiger partial charge in [-0.1, -0.05) is 15.9 Å². The second-order valence-corrected chi connectivity index (χ2v) is 4.65. The summed E-state index contributed by atoms with van der Waals surface area (Å²) < 4.78 is 5.50. The minimum Gasteiger partial charge on any atom is -0.466 e. The molecule has 7 heteroatoms. The van der Waals surface area contributed by atoms with Crippen LogP contribution in [0.5, 0.6) is 0 Å². The third-order valence-electron chi connectivity index (χ3n) is 1.86. The van der Waals surface area contributed by atoms with E-state index in [2.05, 4.69) is 36.6 Å². The Morgan fingerprint density at radius 3 is 2.71 bits per heavy atom. The second-order valence-electron chi connectivity index (χ2n) is 2.94. The van der Waals surface area contributed by atoms with Crippen molar-refractivity contribution in [3.8, 4) is 0 Å². The molecule has 1 aromatic carbocycles. The van der Waals surface area contributed by atoms with Crippen molar-refractivity contribution in [2.24, 2.45) is 0 Å². The average molecular weight is 365 g/mol. The van der Waals surface area contributed by atoms with E-state index >= 15 is 0 Å². The topological polar surface area (TPSA) is 69.4 Å². The summed E-state index contributed by atoms with van der Waals surface area (Å²) in [5.41, 5.74) is 0.447. The van der Waals surface area contributed by atoms with Gasteiger partial charge in [-0.25, -0.2) is 4.79 Å². The van der Waals surface area contributed by atoms with Crippen molar-refractivity contribution in [2.45, 2.75) is 0 Å². The van der Waals surface area contributed by atoms with Crippen molar-refractivity contribution in [2.75, 3.05) is 7.11 Å². The molecule has 0 spiro atoms. The van der Waals surface area contributed by atoms with Gasteiger partial charge in [0.15, 0.2) is 0 Å². The van der Waals surface area contributed by atoms with Gasteiger partial charge in [-0.2, -0.15) is 0 Å². The SMILES string of the molecule is COC(=O)C=C(Br)c1cc([N+](=O)[O-])ccc1Br. The summed E-state index contributed by atoms with van der Waals surface area (Å²) in [6.45, 7) is 0. The first-order valence-electron chi connectivity index (χ1n) is 4.35. The molecule has 0 aliphatic rings. The van der Waals surface area contributed by atoms with Crippen LogP contribution in [-0.2, 0) is 9.53 Å². The number of carbonyl (C=O) groups excluding carboxylic acids is 1. The molecule has 0 N–H and O–H groups in total. The van der Waals surface area contributed by atoms with Crippen LogP contribution in [0.3, 0.4) is 0 Å². The molecule has 0 heterocycles. The first-order chi connectivity index (χ1) is 7.95. The molecule has 17 heavy (non-hydrogen) atoms. The first-order valence-corrected chi connectivity index (χ1v) is 5.93. The zero-order valence-electron chi connectivity index (χ0n) is 8.65. The average Bonchev–Trinajstić information content (AvgIpc) is 2.28. The summed E-state index contributed by atoms with van der Waals surface area (Å²) in [7, 11) is 1.25. The van der Waals surface area contributed by atoms with Crippen LogP contribution in [0, 0.1) is 10.1 Å². The molecule has 0 fully saturated rings. The minimum atomic E-state index is -0.546. The molecule has 0 aliphatic carbocycles. The van der Waals surface area contributed by atoms with E-state index in [9.17, 15) is 14.9 Å². The van der Waals surface area contributed by atoms with Crippen LogP contribution in [-0.4, -0.2) is 18.0 Å². The summed E-state index contributed by atoms with van der Waals surface area (Å²) >= 11 is 6.42. The predicted molar refractivity (Wildman–Crippen MR) is 69.7 cm³/mol. The summed E-state index contributed by atoms with van der Waals surface area (Å²) in [5, 5.41) is 10.6. The number of carbonyl (C=O) groups is 1. The molecule has 0 saturated carbocycles. The van der Waals surface area contributed by atoms with E-state index in [1.165, 1.54) is 25.3 Å². The van der Waals surface area contributed by atoms with Crippen molar-refractivity contribution in [1.29, 1.82) is 0 Å².